The number of carbonyl (C=O) groups is 2. The Morgan fingerprint density at radius 2 is 1.86 bits per heavy atom. The van der Waals surface area contributed by atoms with Crippen LogP contribution in [0, 0.1) is 5.82 Å². The van der Waals surface area contributed by atoms with E-state index in [9.17, 15) is 19.1 Å². The Morgan fingerprint density at radius 3 is 2.56 bits per heavy atom. The first-order valence-corrected chi connectivity index (χ1v) is 11.5. The number of fused-ring (bicyclic) bond motifs is 1. The molecule has 1 unspecified atom stereocenters. The monoisotopic (exact) mass is 489 g/mol. The Kier molecular flexibility index (Phi) is 6.69. The molecule has 1 amide bonds. The number of methoxy groups -OCH3 is 1. The summed E-state index contributed by atoms with van der Waals surface area (Å²) in [6.07, 6.45) is -0.119. The number of anilines is 1. The topological polar surface area (TPSA) is 84.9 Å². The van der Waals surface area contributed by atoms with Gasteiger partial charge in [0, 0.05) is 16.8 Å². The minimum Gasteiger partial charge on any atom is -0.496 e. The zero-order valence-electron chi connectivity index (χ0n) is 20.4. The van der Waals surface area contributed by atoms with Crippen molar-refractivity contribution >= 4 is 23.1 Å². The number of hydrogen-bond acceptors (Lipinski definition) is 5. The number of halogens is 1. The molecular weight excluding hydrogens is 461 g/mol. The number of ether oxygens (including phenoxy) is 2. The fourth-order valence-electron chi connectivity index (χ4n) is 4.59. The lowest BCUT2D eigenvalue weighted by Gasteiger charge is -2.37. The summed E-state index contributed by atoms with van der Waals surface area (Å²) in [4.78, 5) is 25.5. The average Bonchev–Trinajstić information content (AvgIpc) is 3.23. The second-order valence-electron chi connectivity index (χ2n) is 9.51. The maximum absolute atomic E-state index is 14.2. The van der Waals surface area contributed by atoms with Gasteiger partial charge in [-0.2, -0.15) is 0 Å². The second-order valence-corrected chi connectivity index (χ2v) is 9.51. The van der Waals surface area contributed by atoms with Crippen LogP contribution in [-0.4, -0.2) is 29.7 Å². The molecule has 0 saturated carbocycles. The van der Waals surface area contributed by atoms with Gasteiger partial charge >= 0.3 is 5.97 Å². The summed E-state index contributed by atoms with van der Waals surface area (Å²) in [7, 11) is 1.48. The molecule has 0 spiro atoms. The molecule has 1 aliphatic rings. The third kappa shape index (κ3) is 4.75. The number of carbonyl (C=O) groups excluding carboxylic acids is 2. The largest absolute Gasteiger partial charge is 0.496 e. The van der Waals surface area contributed by atoms with Gasteiger partial charge in [0.25, 0.3) is 5.91 Å². The van der Waals surface area contributed by atoms with Crippen molar-refractivity contribution in [3.8, 4) is 5.75 Å². The highest BCUT2D eigenvalue weighted by atomic mass is 19.1. The van der Waals surface area contributed by atoms with Gasteiger partial charge in [0.1, 0.15) is 18.2 Å². The average molecular weight is 490 g/mol. The number of cyclic esters (lactones) is 1. The molecule has 0 radical (unpaired) electrons. The van der Waals surface area contributed by atoms with Crippen LogP contribution in [0.1, 0.15) is 47.3 Å². The van der Waals surface area contributed by atoms with Crippen LogP contribution in [-0.2, 0) is 21.6 Å². The van der Waals surface area contributed by atoms with Gasteiger partial charge in [0.05, 0.1) is 12.7 Å². The van der Waals surface area contributed by atoms with E-state index in [0.29, 0.717) is 33.7 Å². The molecule has 186 valence electrons. The molecular formula is C29H28FNO5. The lowest BCUT2D eigenvalue weighted by atomic mass is 9.71. The van der Waals surface area contributed by atoms with Gasteiger partial charge < -0.3 is 19.9 Å². The SMILES string of the molecule is C=C(c1ccccc1)C(O)(CC(C)(C)c1cc(F)ccc1OC)C(=O)Nc1ccc2c(c1)COC2=O. The highest BCUT2D eigenvalue weighted by Crippen LogP contribution is 2.42. The van der Waals surface area contributed by atoms with Gasteiger partial charge in [-0.15, -0.1) is 0 Å². The summed E-state index contributed by atoms with van der Waals surface area (Å²) in [5.74, 6) is -1.13. The lowest BCUT2D eigenvalue weighted by Crippen LogP contribution is -2.48. The third-order valence-corrected chi connectivity index (χ3v) is 6.53. The Balaban J connectivity index is 1.73. The maximum atomic E-state index is 14.2. The third-order valence-electron chi connectivity index (χ3n) is 6.53. The number of nitrogens with one attached hydrogen (secondary N) is 1. The molecule has 3 aromatic rings. The van der Waals surface area contributed by atoms with Crippen molar-refractivity contribution in [3.63, 3.8) is 0 Å². The Bertz CT molecular complexity index is 1330. The minimum atomic E-state index is -2.08. The maximum Gasteiger partial charge on any atom is 0.338 e. The molecule has 1 heterocycles. The first kappa shape index (κ1) is 25.1. The van der Waals surface area contributed by atoms with E-state index in [0.717, 1.165) is 0 Å². The van der Waals surface area contributed by atoms with Crippen LogP contribution in [0.25, 0.3) is 5.57 Å². The van der Waals surface area contributed by atoms with E-state index in [1.165, 1.54) is 25.3 Å². The van der Waals surface area contributed by atoms with Gasteiger partial charge in [0.2, 0.25) is 0 Å². The van der Waals surface area contributed by atoms with Gasteiger partial charge in [0.15, 0.2) is 5.60 Å². The number of benzene rings is 3. The van der Waals surface area contributed by atoms with Crippen molar-refractivity contribution in [1.82, 2.24) is 0 Å². The molecule has 36 heavy (non-hydrogen) atoms. The van der Waals surface area contributed by atoms with Crippen LogP contribution in [0.3, 0.4) is 0 Å². The number of esters is 1. The number of hydrogen-bond donors (Lipinski definition) is 2. The summed E-state index contributed by atoms with van der Waals surface area (Å²) in [6.45, 7) is 7.81. The van der Waals surface area contributed by atoms with Crippen molar-refractivity contribution in [2.45, 2.75) is 37.9 Å². The van der Waals surface area contributed by atoms with Crippen LogP contribution in [0.15, 0.2) is 73.3 Å². The molecule has 0 fully saturated rings. The van der Waals surface area contributed by atoms with Crippen LogP contribution < -0.4 is 10.1 Å². The molecule has 3 aromatic carbocycles. The minimum absolute atomic E-state index is 0.116. The smallest absolute Gasteiger partial charge is 0.338 e. The van der Waals surface area contributed by atoms with Crippen molar-refractivity contribution in [2.75, 3.05) is 12.4 Å². The molecule has 0 bridgehead atoms. The predicted octanol–water partition coefficient (Wildman–Crippen LogP) is 5.26. The zero-order chi connectivity index (χ0) is 26.1. The molecule has 2 N–H and O–H groups in total. The highest BCUT2D eigenvalue weighted by molar-refractivity contribution is 6.06. The number of aliphatic hydroxyl groups is 1. The fraction of sp³-hybridized carbons (Fsp3) is 0.241. The van der Waals surface area contributed by atoms with Gasteiger partial charge in [-0.1, -0.05) is 50.8 Å². The van der Waals surface area contributed by atoms with Crippen molar-refractivity contribution in [2.24, 2.45) is 0 Å². The number of amides is 1. The summed E-state index contributed by atoms with van der Waals surface area (Å²) < 4.78 is 24.7. The Morgan fingerprint density at radius 1 is 1.14 bits per heavy atom. The van der Waals surface area contributed by atoms with Crippen LogP contribution >= 0.6 is 0 Å². The van der Waals surface area contributed by atoms with Crippen LogP contribution in [0.5, 0.6) is 5.75 Å². The molecule has 1 aliphatic heterocycles. The summed E-state index contributed by atoms with van der Waals surface area (Å²) in [6, 6.07) is 17.9. The van der Waals surface area contributed by atoms with Gasteiger partial charge in [-0.25, -0.2) is 9.18 Å². The molecule has 0 aromatic heterocycles. The number of rotatable bonds is 8. The summed E-state index contributed by atoms with van der Waals surface area (Å²) in [5.41, 5.74) is -0.205. The quantitative estimate of drug-likeness (QED) is 0.422. The summed E-state index contributed by atoms with van der Waals surface area (Å²) in [5, 5.41) is 14.8. The first-order valence-electron chi connectivity index (χ1n) is 11.5. The van der Waals surface area contributed by atoms with Gasteiger partial charge in [-0.05, 0) is 59.4 Å². The zero-order valence-corrected chi connectivity index (χ0v) is 20.4. The van der Waals surface area contributed by atoms with E-state index in [-0.39, 0.29) is 18.6 Å². The fourth-order valence-corrected chi connectivity index (χ4v) is 4.59. The van der Waals surface area contributed by atoms with Crippen molar-refractivity contribution in [1.29, 1.82) is 0 Å². The summed E-state index contributed by atoms with van der Waals surface area (Å²) >= 11 is 0. The molecule has 1 atom stereocenters. The van der Waals surface area contributed by atoms with Crippen molar-refractivity contribution in [3.05, 3.63) is 101 Å². The van der Waals surface area contributed by atoms with E-state index in [1.807, 2.05) is 6.07 Å². The van der Waals surface area contributed by atoms with Crippen LogP contribution in [0.2, 0.25) is 0 Å². The second kappa shape index (κ2) is 9.59. The van der Waals surface area contributed by atoms with Gasteiger partial charge in [-0.3, -0.25) is 4.79 Å². The van der Waals surface area contributed by atoms with E-state index in [2.05, 4.69) is 11.9 Å². The first-order chi connectivity index (χ1) is 17.0. The normalized spacial score (nSPS) is 14.4. The highest BCUT2D eigenvalue weighted by Gasteiger charge is 2.45. The predicted molar refractivity (Wildman–Crippen MR) is 135 cm³/mol. The molecule has 0 aliphatic carbocycles. The molecule has 0 saturated heterocycles. The van der Waals surface area contributed by atoms with E-state index in [4.69, 9.17) is 9.47 Å². The van der Waals surface area contributed by atoms with E-state index >= 15 is 0 Å². The molecule has 7 heteroatoms. The Hall–Kier alpha value is -3.97. The van der Waals surface area contributed by atoms with E-state index in [1.54, 1.807) is 56.3 Å². The molecule has 6 nitrogen and oxygen atoms in total. The van der Waals surface area contributed by atoms with Crippen LogP contribution in [0.4, 0.5) is 10.1 Å². The molecule has 4 rings (SSSR count). The van der Waals surface area contributed by atoms with E-state index < -0.39 is 28.7 Å². The standard InChI is InChI=1S/C29H28FNO5/c1-18(19-8-6-5-7-9-19)29(34,17-28(2,3)24-15-21(30)10-13-25(24)35-4)27(33)31-22-11-12-23-20(14-22)16-36-26(23)32/h5-15,34H,1,16-17H2,2-4H3,(H,31,33). The Labute approximate surface area is 209 Å². The lowest BCUT2D eigenvalue weighted by molar-refractivity contribution is -0.130. The van der Waals surface area contributed by atoms with Crippen molar-refractivity contribution < 1.29 is 28.6 Å².